The Morgan fingerprint density at radius 2 is 1.76 bits per heavy atom. The van der Waals surface area contributed by atoms with Gasteiger partial charge in [0.2, 0.25) is 0 Å². The van der Waals surface area contributed by atoms with Crippen LogP contribution in [0.15, 0.2) is 48.5 Å². The molecule has 2 rings (SSSR count). The molecule has 0 atom stereocenters. The summed E-state index contributed by atoms with van der Waals surface area (Å²) in [5, 5.41) is 0. The molecule has 0 amide bonds. The summed E-state index contributed by atoms with van der Waals surface area (Å²) in [6.45, 7) is 0. The zero-order valence-electron chi connectivity index (χ0n) is 11.1. The second kappa shape index (κ2) is 5.99. The molecule has 0 saturated heterocycles. The third-order valence-corrected chi connectivity index (χ3v) is 2.89. The van der Waals surface area contributed by atoms with E-state index in [0.29, 0.717) is 11.3 Å². The molecule has 0 heterocycles. The number of alkyl halides is 3. The summed E-state index contributed by atoms with van der Waals surface area (Å²) in [6.07, 6.45) is -3.35. The van der Waals surface area contributed by atoms with Crippen LogP contribution < -0.4 is 4.74 Å². The van der Waals surface area contributed by atoms with E-state index < -0.39 is 17.6 Å². The fourth-order valence-corrected chi connectivity index (χ4v) is 1.85. The topological polar surface area (TPSA) is 9.23 Å². The van der Waals surface area contributed by atoms with Crippen molar-refractivity contribution in [3.05, 3.63) is 65.2 Å². The summed E-state index contributed by atoms with van der Waals surface area (Å²) in [6, 6.07) is 10.8. The fraction of sp³-hybridized carbons (Fsp3) is 0.125. The first kappa shape index (κ1) is 15.1. The van der Waals surface area contributed by atoms with E-state index in [2.05, 4.69) is 0 Å². The van der Waals surface area contributed by atoms with Crippen LogP contribution in [0.4, 0.5) is 17.6 Å². The molecule has 0 saturated carbocycles. The molecule has 2 aromatic rings. The van der Waals surface area contributed by atoms with Crippen LogP contribution in [0.25, 0.3) is 11.9 Å². The van der Waals surface area contributed by atoms with Crippen molar-refractivity contribution in [2.75, 3.05) is 7.11 Å². The largest absolute Gasteiger partial charge is 0.496 e. The SMILES string of the molecule is COc1ccccc1/C=C(/F)c1cccc(C(F)(F)F)c1. The maximum absolute atomic E-state index is 14.1. The standard InChI is InChI=1S/C16H12F4O/c1-21-15-8-3-2-5-12(15)10-14(17)11-6-4-7-13(9-11)16(18,19)20/h2-10H,1H3/b14-10+. The molecule has 0 aromatic heterocycles. The predicted molar refractivity (Wildman–Crippen MR) is 73.4 cm³/mol. The van der Waals surface area contributed by atoms with Crippen LogP contribution in [0.5, 0.6) is 5.75 Å². The van der Waals surface area contributed by atoms with E-state index in [1.165, 1.54) is 19.2 Å². The highest BCUT2D eigenvalue weighted by atomic mass is 19.4. The first-order valence-electron chi connectivity index (χ1n) is 6.09. The van der Waals surface area contributed by atoms with Crippen LogP contribution in [0.2, 0.25) is 0 Å². The molecule has 0 bridgehead atoms. The smallest absolute Gasteiger partial charge is 0.416 e. The normalized spacial score (nSPS) is 12.3. The molecular formula is C16H12F4O. The Morgan fingerprint density at radius 3 is 2.43 bits per heavy atom. The number of benzene rings is 2. The van der Waals surface area contributed by atoms with Gasteiger partial charge < -0.3 is 4.74 Å². The van der Waals surface area contributed by atoms with Gasteiger partial charge in [0, 0.05) is 11.1 Å². The predicted octanol–water partition coefficient (Wildman–Crippen LogP) is 5.18. The van der Waals surface area contributed by atoms with Gasteiger partial charge in [0.05, 0.1) is 12.7 Å². The quantitative estimate of drug-likeness (QED) is 0.560. The van der Waals surface area contributed by atoms with Gasteiger partial charge in [-0.05, 0) is 24.3 Å². The highest BCUT2D eigenvalue weighted by molar-refractivity contribution is 5.79. The van der Waals surface area contributed by atoms with E-state index in [4.69, 9.17) is 4.74 Å². The van der Waals surface area contributed by atoms with Crippen molar-refractivity contribution in [3.63, 3.8) is 0 Å². The highest BCUT2D eigenvalue weighted by Crippen LogP contribution is 2.32. The lowest BCUT2D eigenvalue weighted by atomic mass is 10.1. The van der Waals surface area contributed by atoms with Gasteiger partial charge in [-0.2, -0.15) is 13.2 Å². The minimum atomic E-state index is -4.50. The average Bonchev–Trinajstić information content (AvgIpc) is 2.47. The average molecular weight is 296 g/mol. The molecule has 0 fully saturated rings. The van der Waals surface area contributed by atoms with Crippen molar-refractivity contribution in [3.8, 4) is 5.75 Å². The van der Waals surface area contributed by atoms with Gasteiger partial charge in [-0.3, -0.25) is 0 Å². The van der Waals surface area contributed by atoms with E-state index in [0.717, 1.165) is 18.2 Å². The van der Waals surface area contributed by atoms with Gasteiger partial charge in [-0.15, -0.1) is 0 Å². The van der Waals surface area contributed by atoms with Crippen molar-refractivity contribution >= 4 is 11.9 Å². The summed E-state index contributed by atoms with van der Waals surface area (Å²) in [4.78, 5) is 0. The molecule has 0 spiro atoms. The van der Waals surface area contributed by atoms with Crippen molar-refractivity contribution in [2.45, 2.75) is 6.18 Å². The fourth-order valence-electron chi connectivity index (χ4n) is 1.85. The van der Waals surface area contributed by atoms with Crippen LogP contribution in [0.3, 0.4) is 0 Å². The molecule has 0 aliphatic heterocycles. The third kappa shape index (κ3) is 3.62. The van der Waals surface area contributed by atoms with Crippen molar-refractivity contribution in [1.82, 2.24) is 0 Å². The molecule has 110 valence electrons. The second-order valence-corrected chi connectivity index (χ2v) is 4.31. The molecule has 2 aromatic carbocycles. The number of para-hydroxylation sites is 1. The Bertz CT molecular complexity index is 659. The van der Waals surface area contributed by atoms with Gasteiger partial charge in [-0.25, -0.2) is 4.39 Å². The molecule has 0 N–H and O–H groups in total. The van der Waals surface area contributed by atoms with E-state index >= 15 is 0 Å². The number of methoxy groups -OCH3 is 1. The van der Waals surface area contributed by atoms with Crippen molar-refractivity contribution in [1.29, 1.82) is 0 Å². The zero-order valence-corrected chi connectivity index (χ0v) is 11.1. The Hall–Kier alpha value is -2.30. The molecule has 21 heavy (non-hydrogen) atoms. The maximum Gasteiger partial charge on any atom is 0.416 e. The number of hydrogen-bond donors (Lipinski definition) is 0. The van der Waals surface area contributed by atoms with Gasteiger partial charge in [0.15, 0.2) is 0 Å². The van der Waals surface area contributed by atoms with Gasteiger partial charge in [0.25, 0.3) is 0 Å². The summed E-state index contributed by atoms with van der Waals surface area (Å²) in [7, 11) is 1.44. The molecular weight excluding hydrogens is 284 g/mol. The molecule has 0 radical (unpaired) electrons. The molecule has 0 aliphatic rings. The Labute approximate surface area is 119 Å². The first-order valence-corrected chi connectivity index (χ1v) is 6.09. The van der Waals surface area contributed by atoms with Crippen LogP contribution in [0, 0.1) is 0 Å². The van der Waals surface area contributed by atoms with E-state index in [-0.39, 0.29) is 5.56 Å². The van der Waals surface area contributed by atoms with E-state index in [1.807, 2.05) is 0 Å². The zero-order chi connectivity index (χ0) is 15.5. The molecule has 1 nitrogen and oxygen atoms in total. The lowest BCUT2D eigenvalue weighted by Gasteiger charge is -2.08. The maximum atomic E-state index is 14.1. The summed E-state index contributed by atoms with van der Waals surface area (Å²) in [5.41, 5.74) is -0.561. The Balaban J connectivity index is 2.40. The van der Waals surface area contributed by atoms with Gasteiger partial charge in [-0.1, -0.05) is 30.3 Å². The van der Waals surface area contributed by atoms with Gasteiger partial charge >= 0.3 is 6.18 Å². The Morgan fingerprint density at radius 1 is 1.05 bits per heavy atom. The van der Waals surface area contributed by atoms with Crippen molar-refractivity contribution < 1.29 is 22.3 Å². The molecule has 5 heteroatoms. The summed E-state index contributed by atoms with van der Waals surface area (Å²) < 4.78 is 57.1. The van der Waals surface area contributed by atoms with Crippen LogP contribution in [-0.2, 0) is 6.18 Å². The van der Waals surface area contributed by atoms with E-state index in [9.17, 15) is 17.6 Å². The number of halogens is 4. The lowest BCUT2D eigenvalue weighted by molar-refractivity contribution is -0.137. The molecule has 0 aliphatic carbocycles. The first-order chi connectivity index (χ1) is 9.91. The highest BCUT2D eigenvalue weighted by Gasteiger charge is 2.30. The lowest BCUT2D eigenvalue weighted by Crippen LogP contribution is -2.04. The third-order valence-electron chi connectivity index (χ3n) is 2.89. The Kier molecular flexibility index (Phi) is 4.31. The number of ether oxygens (including phenoxy) is 1. The van der Waals surface area contributed by atoms with Crippen LogP contribution in [-0.4, -0.2) is 7.11 Å². The minimum absolute atomic E-state index is 0.129. The molecule has 0 unspecified atom stereocenters. The minimum Gasteiger partial charge on any atom is -0.496 e. The number of hydrogen-bond acceptors (Lipinski definition) is 1. The monoisotopic (exact) mass is 296 g/mol. The van der Waals surface area contributed by atoms with E-state index in [1.54, 1.807) is 24.3 Å². The second-order valence-electron chi connectivity index (χ2n) is 4.31. The van der Waals surface area contributed by atoms with Crippen LogP contribution >= 0.6 is 0 Å². The number of rotatable bonds is 3. The van der Waals surface area contributed by atoms with Crippen molar-refractivity contribution in [2.24, 2.45) is 0 Å². The van der Waals surface area contributed by atoms with Gasteiger partial charge in [0.1, 0.15) is 11.6 Å². The van der Waals surface area contributed by atoms with Crippen LogP contribution in [0.1, 0.15) is 16.7 Å². The summed E-state index contributed by atoms with van der Waals surface area (Å²) >= 11 is 0. The summed E-state index contributed by atoms with van der Waals surface area (Å²) in [5.74, 6) is -0.315.